The minimum Gasteiger partial charge on any atom is -0.492 e. The second kappa shape index (κ2) is 8.83. The molecule has 0 fully saturated rings. The number of fused-ring (bicyclic) bond motifs is 1. The normalized spacial score (nSPS) is 13.4. The smallest absolute Gasteiger partial charge is 0.258 e. The average Bonchev–Trinajstić information content (AvgIpc) is 3.34. The van der Waals surface area contributed by atoms with Crippen LogP contribution in [0.25, 0.3) is 5.69 Å². The lowest BCUT2D eigenvalue weighted by Crippen LogP contribution is -2.27. The fourth-order valence-corrected chi connectivity index (χ4v) is 4.35. The molecule has 1 amide bonds. The zero-order valence-corrected chi connectivity index (χ0v) is 20.1. The standard InChI is InChI=1S/C24H25F2N3O4S/c1-14(2)13-33-22-8-5-17(34(4,31)32)9-18(22)24(30)28-10-16-11-29(27-20(16)12-28)21-7-6-19(25)15(3)23(21)26/h5-9,11,14H,10,12-13H2,1-4H3. The minimum absolute atomic E-state index is 0.0250. The van der Waals surface area contributed by atoms with Gasteiger partial charge in [0.1, 0.15) is 17.3 Å². The van der Waals surface area contributed by atoms with E-state index in [-0.39, 0.29) is 40.7 Å². The van der Waals surface area contributed by atoms with E-state index >= 15 is 0 Å². The maximum absolute atomic E-state index is 14.5. The summed E-state index contributed by atoms with van der Waals surface area (Å²) in [7, 11) is -3.52. The summed E-state index contributed by atoms with van der Waals surface area (Å²) in [5.74, 6) is -1.20. The van der Waals surface area contributed by atoms with Crippen molar-refractivity contribution >= 4 is 15.7 Å². The molecule has 0 radical (unpaired) electrons. The molecule has 0 saturated heterocycles. The van der Waals surface area contributed by atoms with E-state index in [0.29, 0.717) is 18.1 Å². The van der Waals surface area contributed by atoms with Gasteiger partial charge in [0.15, 0.2) is 15.7 Å². The lowest BCUT2D eigenvalue weighted by molar-refractivity contribution is 0.0743. The average molecular weight is 490 g/mol. The Balaban J connectivity index is 1.61. The van der Waals surface area contributed by atoms with Crippen LogP contribution in [0, 0.1) is 24.5 Å². The highest BCUT2D eigenvalue weighted by atomic mass is 32.2. The summed E-state index contributed by atoms with van der Waals surface area (Å²) < 4.78 is 59.4. The second-order valence-electron chi connectivity index (χ2n) is 8.85. The third-order valence-electron chi connectivity index (χ3n) is 5.59. The molecule has 34 heavy (non-hydrogen) atoms. The number of hydrogen-bond acceptors (Lipinski definition) is 5. The lowest BCUT2D eigenvalue weighted by atomic mass is 10.1. The molecule has 0 atom stereocenters. The number of sulfone groups is 1. The fraction of sp³-hybridized carbons (Fsp3) is 0.333. The Morgan fingerprint density at radius 3 is 2.56 bits per heavy atom. The van der Waals surface area contributed by atoms with Gasteiger partial charge < -0.3 is 9.64 Å². The monoisotopic (exact) mass is 489 g/mol. The van der Waals surface area contributed by atoms with Gasteiger partial charge in [-0.15, -0.1) is 0 Å². The van der Waals surface area contributed by atoms with Crippen molar-refractivity contribution in [1.82, 2.24) is 14.7 Å². The van der Waals surface area contributed by atoms with Crippen molar-refractivity contribution < 1.29 is 26.7 Å². The molecule has 0 unspecified atom stereocenters. The zero-order valence-electron chi connectivity index (χ0n) is 19.3. The molecule has 2 heterocycles. The van der Waals surface area contributed by atoms with E-state index in [0.717, 1.165) is 11.8 Å². The van der Waals surface area contributed by atoms with Gasteiger partial charge >= 0.3 is 0 Å². The molecule has 0 aliphatic carbocycles. The van der Waals surface area contributed by atoms with Crippen LogP contribution in [0.3, 0.4) is 0 Å². The number of aromatic nitrogens is 2. The molecule has 4 rings (SSSR count). The Bertz CT molecular complexity index is 1360. The molecule has 0 saturated carbocycles. The Morgan fingerprint density at radius 2 is 1.91 bits per heavy atom. The first-order valence-corrected chi connectivity index (χ1v) is 12.6. The number of hydrogen-bond donors (Lipinski definition) is 0. The first kappa shape index (κ1) is 23.9. The maximum Gasteiger partial charge on any atom is 0.258 e. The Labute approximate surface area is 196 Å². The topological polar surface area (TPSA) is 81.5 Å². The highest BCUT2D eigenvalue weighted by Gasteiger charge is 2.30. The molecule has 1 aromatic heterocycles. The number of carbonyl (C=O) groups excluding carboxylic acids is 1. The number of amides is 1. The lowest BCUT2D eigenvalue weighted by Gasteiger charge is -2.19. The summed E-state index contributed by atoms with van der Waals surface area (Å²) in [6.07, 6.45) is 2.69. The van der Waals surface area contributed by atoms with Crippen molar-refractivity contribution in [2.45, 2.75) is 38.8 Å². The minimum atomic E-state index is -3.52. The van der Waals surface area contributed by atoms with Gasteiger partial charge in [-0.3, -0.25) is 4.79 Å². The molecule has 1 aliphatic heterocycles. The van der Waals surface area contributed by atoms with Crippen molar-refractivity contribution in [3.8, 4) is 11.4 Å². The molecule has 0 N–H and O–H groups in total. The molecule has 1 aliphatic rings. The molecule has 7 nitrogen and oxygen atoms in total. The highest BCUT2D eigenvalue weighted by molar-refractivity contribution is 7.90. The molecular formula is C24H25F2N3O4S. The number of ether oxygens (including phenoxy) is 1. The summed E-state index contributed by atoms with van der Waals surface area (Å²) in [6.45, 7) is 6.04. The summed E-state index contributed by atoms with van der Waals surface area (Å²) in [5, 5.41) is 4.39. The van der Waals surface area contributed by atoms with Gasteiger partial charge in [0.2, 0.25) is 0 Å². The number of nitrogens with zero attached hydrogens (tertiary/aromatic N) is 3. The predicted molar refractivity (Wildman–Crippen MR) is 122 cm³/mol. The van der Waals surface area contributed by atoms with Crippen molar-refractivity contribution in [2.24, 2.45) is 5.92 Å². The third kappa shape index (κ3) is 4.54. The molecular weight excluding hydrogens is 464 g/mol. The molecule has 0 spiro atoms. The van der Waals surface area contributed by atoms with Crippen LogP contribution in [0.15, 0.2) is 41.4 Å². The van der Waals surface area contributed by atoms with Crippen LogP contribution < -0.4 is 4.74 Å². The van der Waals surface area contributed by atoms with Crippen LogP contribution in [-0.4, -0.2) is 41.9 Å². The van der Waals surface area contributed by atoms with Gasteiger partial charge in [-0.05, 0) is 43.2 Å². The third-order valence-corrected chi connectivity index (χ3v) is 6.70. The predicted octanol–water partition coefficient (Wildman–Crippen LogP) is 4.05. The Kier molecular flexibility index (Phi) is 6.20. The first-order valence-electron chi connectivity index (χ1n) is 10.7. The van der Waals surface area contributed by atoms with E-state index in [4.69, 9.17) is 4.74 Å². The van der Waals surface area contributed by atoms with E-state index in [2.05, 4.69) is 5.10 Å². The fourth-order valence-electron chi connectivity index (χ4n) is 3.70. The summed E-state index contributed by atoms with van der Waals surface area (Å²) in [6, 6.07) is 6.76. The van der Waals surface area contributed by atoms with Crippen LogP contribution in [0.1, 0.15) is 41.0 Å². The Hall–Kier alpha value is -3.27. The number of halogens is 2. The number of benzene rings is 2. The Morgan fingerprint density at radius 1 is 1.18 bits per heavy atom. The van der Waals surface area contributed by atoms with Crippen molar-refractivity contribution in [3.63, 3.8) is 0 Å². The van der Waals surface area contributed by atoms with Crippen LogP contribution >= 0.6 is 0 Å². The van der Waals surface area contributed by atoms with Crippen LogP contribution in [0.4, 0.5) is 8.78 Å². The van der Waals surface area contributed by atoms with Crippen molar-refractivity contribution in [3.05, 3.63) is 70.5 Å². The highest BCUT2D eigenvalue weighted by Crippen LogP contribution is 2.30. The van der Waals surface area contributed by atoms with E-state index in [9.17, 15) is 22.0 Å². The van der Waals surface area contributed by atoms with Gasteiger partial charge in [-0.1, -0.05) is 13.8 Å². The van der Waals surface area contributed by atoms with Crippen LogP contribution in [-0.2, 0) is 22.9 Å². The molecule has 0 bridgehead atoms. The maximum atomic E-state index is 14.5. The van der Waals surface area contributed by atoms with Gasteiger partial charge in [0.25, 0.3) is 5.91 Å². The van der Waals surface area contributed by atoms with Crippen LogP contribution in [0.5, 0.6) is 5.75 Å². The molecule has 180 valence electrons. The second-order valence-corrected chi connectivity index (χ2v) is 10.9. The van der Waals surface area contributed by atoms with Crippen molar-refractivity contribution in [1.29, 1.82) is 0 Å². The molecule has 2 aromatic carbocycles. The van der Waals surface area contributed by atoms with Crippen LogP contribution in [0.2, 0.25) is 0 Å². The van der Waals surface area contributed by atoms with E-state index in [1.807, 2.05) is 13.8 Å². The largest absolute Gasteiger partial charge is 0.492 e. The summed E-state index contributed by atoms with van der Waals surface area (Å²) >= 11 is 0. The van der Waals surface area contributed by atoms with Gasteiger partial charge in [0, 0.05) is 30.1 Å². The number of rotatable bonds is 6. The molecule has 10 heteroatoms. The quantitative estimate of drug-likeness (QED) is 0.522. The molecule has 3 aromatic rings. The van der Waals surface area contributed by atoms with E-state index in [1.165, 1.54) is 46.8 Å². The number of carbonyl (C=O) groups is 1. The zero-order chi connectivity index (χ0) is 24.8. The van der Waals surface area contributed by atoms with Crippen molar-refractivity contribution in [2.75, 3.05) is 12.9 Å². The SMILES string of the molecule is Cc1c(F)ccc(-n2cc3c(n2)CN(C(=O)c2cc(S(C)(=O)=O)ccc2OCC(C)C)C3)c1F. The summed E-state index contributed by atoms with van der Waals surface area (Å²) in [4.78, 5) is 14.9. The van der Waals surface area contributed by atoms with E-state index in [1.54, 1.807) is 6.20 Å². The first-order chi connectivity index (χ1) is 16.0. The van der Waals surface area contributed by atoms with Gasteiger partial charge in [0.05, 0.1) is 29.3 Å². The van der Waals surface area contributed by atoms with Gasteiger partial charge in [-0.2, -0.15) is 5.10 Å². The summed E-state index contributed by atoms with van der Waals surface area (Å²) in [5.41, 5.74) is 1.49. The van der Waals surface area contributed by atoms with Gasteiger partial charge in [-0.25, -0.2) is 21.9 Å². The van der Waals surface area contributed by atoms with E-state index < -0.39 is 27.4 Å².